The minimum absolute atomic E-state index is 0. The molecule has 3 rings (SSSR count). The van der Waals surface area contributed by atoms with Crippen molar-refractivity contribution in [2.45, 2.75) is 38.1 Å². The summed E-state index contributed by atoms with van der Waals surface area (Å²) in [4.78, 5) is 14.5. The van der Waals surface area contributed by atoms with Crippen LogP contribution in [0.3, 0.4) is 0 Å². The van der Waals surface area contributed by atoms with E-state index < -0.39 is 0 Å². The van der Waals surface area contributed by atoms with E-state index in [0.717, 1.165) is 5.56 Å². The van der Waals surface area contributed by atoms with E-state index in [2.05, 4.69) is 4.90 Å². The fourth-order valence-corrected chi connectivity index (χ4v) is 3.74. The van der Waals surface area contributed by atoms with Gasteiger partial charge < -0.3 is 4.74 Å². The molecule has 2 heterocycles. The van der Waals surface area contributed by atoms with Gasteiger partial charge in [-0.3, -0.25) is 4.90 Å². The molecule has 1 aromatic rings. The third-order valence-electron chi connectivity index (χ3n) is 4.88. The molecular formula is C19H26ClNO2. The molecule has 0 saturated carbocycles. The monoisotopic (exact) mass is 335 g/mol. The van der Waals surface area contributed by atoms with Crippen molar-refractivity contribution in [3.8, 4) is 0 Å². The van der Waals surface area contributed by atoms with Crippen LogP contribution in [0.15, 0.2) is 36.4 Å². The standard InChI is InChI=1S/C19H25NO2.ClH/c21-19(12-11-16-7-2-1-3-8-16)22-15-17-9-6-14-20-13-5-4-10-18(17)20;/h1-3,7-8,11-12,17-18H,4-6,9-10,13-15H2;1H. The smallest absolute Gasteiger partial charge is 0.330 e. The lowest BCUT2D eigenvalue weighted by Crippen LogP contribution is -2.49. The Balaban J connectivity index is 0.00000192. The Morgan fingerprint density at radius 2 is 1.91 bits per heavy atom. The Morgan fingerprint density at radius 1 is 1.13 bits per heavy atom. The molecule has 2 saturated heterocycles. The first-order chi connectivity index (χ1) is 10.8. The molecule has 0 radical (unpaired) electrons. The van der Waals surface area contributed by atoms with Gasteiger partial charge in [0.2, 0.25) is 0 Å². The summed E-state index contributed by atoms with van der Waals surface area (Å²) in [6.07, 6.45) is 9.69. The Morgan fingerprint density at radius 3 is 2.74 bits per heavy atom. The molecule has 126 valence electrons. The summed E-state index contributed by atoms with van der Waals surface area (Å²) in [6, 6.07) is 10.5. The number of fused-ring (bicyclic) bond motifs is 1. The van der Waals surface area contributed by atoms with Gasteiger partial charge in [0.15, 0.2) is 0 Å². The topological polar surface area (TPSA) is 29.5 Å². The van der Waals surface area contributed by atoms with Crippen molar-refractivity contribution in [1.29, 1.82) is 0 Å². The molecule has 4 heteroatoms. The highest BCUT2D eigenvalue weighted by molar-refractivity contribution is 5.87. The van der Waals surface area contributed by atoms with Gasteiger partial charge in [0.25, 0.3) is 0 Å². The number of rotatable bonds is 4. The maximum atomic E-state index is 11.9. The van der Waals surface area contributed by atoms with Gasteiger partial charge in [-0.25, -0.2) is 4.79 Å². The normalized spacial score (nSPS) is 24.7. The quantitative estimate of drug-likeness (QED) is 0.616. The van der Waals surface area contributed by atoms with Crippen molar-refractivity contribution in [3.05, 3.63) is 42.0 Å². The first-order valence-electron chi connectivity index (χ1n) is 8.47. The Kier molecular flexibility index (Phi) is 7.13. The van der Waals surface area contributed by atoms with Crippen LogP contribution in [-0.4, -0.2) is 36.6 Å². The lowest BCUT2D eigenvalue weighted by molar-refractivity contribution is -0.140. The zero-order valence-electron chi connectivity index (χ0n) is 13.5. The summed E-state index contributed by atoms with van der Waals surface area (Å²) >= 11 is 0. The summed E-state index contributed by atoms with van der Waals surface area (Å²) in [5.74, 6) is 0.292. The van der Waals surface area contributed by atoms with Crippen LogP contribution >= 0.6 is 12.4 Å². The predicted molar refractivity (Wildman–Crippen MR) is 95.6 cm³/mol. The zero-order valence-corrected chi connectivity index (χ0v) is 14.3. The molecule has 0 aliphatic carbocycles. The fraction of sp³-hybridized carbons (Fsp3) is 0.526. The van der Waals surface area contributed by atoms with E-state index in [-0.39, 0.29) is 18.4 Å². The van der Waals surface area contributed by atoms with Crippen molar-refractivity contribution in [3.63, 3.8) is 0 Å². The Hall–Kier alpha value is -1.32. The van der Waals surface area contributed by atoms with Crippen LogP contribution in [0, 0.1) is 5.92 Å². The lowest BCUT2D eigenvalue weighted by Gasteiger charge is -2.44. The largest absolute Gasteiger partial charge is 0.462 e. The van der Waals surface area contributed by atoms with Crippen LogP contribution in [-0.2, 0) is 9.53 Å². The summed E-state index contributed by atoms with van der Waals surface area (Å²) in [5.41, 5.74) is 1.02. The molecule has 0 aromatic heterocycles. The SMILES string of the molecule is Cl.O=C(C=Cc1ccccc1)OCC1CCCN2CCCCC12. The third kappa shape index (κ3) is 5.08. The summed E-state index contributed by atoms with van der Waals surface area (Å²) in [5, 5.41) is 0. The van der Waals surface area contributed by atoms with Crippen LogP contribution in [0.5, 0.6) is 0 Å². The molecule has 2 fully saturated rings. The minimum atomic E-state index is -0.225. The molecule has 0 bridgehead atoms. The van der Waals surface area contributed by atoms with Crippen LogP contribution in [0.4, 0.5) is 0 Å². The van der Waals surface area contributed by atoms with E-state index in [4.69, 9.17) is 4.74 Å². The van der Waals surface area contributed by atoms with Gasteiger partial charge in [-0.2, -0.15) is 0 Å². The minimum Gasteiger partial charge on any atom is -0.462 e. The molecule has 0 amide bonds. The van der Waals surface area contributed by atoms with Crippen molar-refractivity contribution in [1.82, 2.24) is 4.90 Å². The Bertz CT molecular complexity index is 515. The van der Waals surface area contributed by atoms with Crippen molar-refractivity contribution in [2.24, 2.45) is 5.92 Å². The van der Waals surface area contributed by atoms with Crippen LogP contribution in [0.2, 0.25) is 0 Å². The molecule has 2 aliphatic rings. The summed E-state index contributed by atoms with van der Waals surface area (Å²) in [6.45, 7) is 3.02. The third-order valence-corrected chi connectivity index (χ3v) is 4.88. The molecule has 23 heavy (non-hydrogen) atoms. The maximum absolute atomic E-state index is 11.9. The summed E-state index contributed by atoms with van der Waals surface area (Å²) in [7, 11) is 0. The lowest BCUT2D eigenvalue weighted by atomic mass is 9.84. The second-order valence-corrected chi connectivity index (χ2v) is 6.38. The van der Waals surface area contributed by atoms with E-state index in [0.29, 0.717) is 18.6 Å². The predicted octanol–water partition coefficient (Wildman–Crippen LogP) is 3.93. The highest BCUT2D eigenvalue weighted by Crippen LogP contribution is 2.30. The molecule has 2 aliphatic heterocycles. The highest BCUT2D eigenvalue weighted by Gasteiger charge is 2.33. The van der Waals surface area contributed by atoms with E-state index in [1.54, 1.807) is 0 Å². The van der Waals surface area contributed by atoms with Crippen LogP contribution < -0.4 is 0 Å². The van der Waals surface area contributed by atoms with Gasteiger partial charge in [0.05, 0.1) is 6.61 Å². The van der Waals surface area contributed by atoms with Gasteiger partial charge in [-0.15, -0.1) is 12.4 Å². The number of benzene rings is 1. The number of piperidine rings is 2. The highest BCUT2D eigenvalue weighted by atomic mass is 35.5. The number of hydrogen-bond acceptors (Lipinski definition) is 3. The number of ether oxygens (including phenoxy) is 1. The van der Waals surface area contributed by atoms with Crippen molar-refractivity contribution < 1.29 is 9.53 Å². The zero-order chi connectivity index (χ0) is 15.2. The second-order valence-electron chi connectivity index (χ2n) is 6.38. The number of carbonyl (C=O) groups is 1. The van der Waals surface area contributed by atoms with Gasteiger partial charge in [0, 0.05) is 18.0 Å². The number of halogens is 1. The molecule has 1 aromatic carbocycles. The first-order valence-corrected chi connectivity index (χ1v) is 8.47. The molecule has 0 spiro atoms. The second kappa shape index (κ2) is 9.09. The average Bonchev–Trinajstić information content (AvgIpc) is 2.59. The van der Waals surface area contributed by atoms with Crippen LogP contribution in [0.25, 0.3) is 6.08 Å². The molecule has 2 atom stereocenters. The fourth-order valence-electron chi connectivity index (χ4n) is 3.74. The first kappa shape index (κ1) is 18.0. The van der Waals surface area contributed by atoms with Crippen molar-refractivity contribution in [2.75, 3.05) is 19.7 Å². The molecule has 2 unspecified atom stereocenters. The molecular weight excluding hydrogens is 310 g/mol. The van der Waals surface area contributed by atoms with Crippen LogP contribution in [0.1, 0.15) is 37.7 Å². The van der Waals surface area contributed by atoms with E-state index in [1.165, 1.54) is 51.3 Å². The van der Waals surface area contributed by atoms with E-state index in [9.17, 15) is 4.79 Å². The van der Waals surface area contributed by atoms with Gasteiger partial charge in [-0.05, 0) is 50.4 Å². The Labute approximate surface area is 145 Å². The van der Waals surface area contributed by atoms with E-state index >= 15 is 0 Å². The molecule has 0 N–H and O–H groups in total. The van der Waals surface area contributed by atoms with Gasteiger partial charge >= 0.3 is 5.97 Å². The average molecular weight is 336 g/mol. The maximum Gasteiger partial charge on any atom is 0.330 e. The van der Waals surface area contributed by atoms with Gasteiger partial charge in [-0.1, -0.05) is 36.8 Å². The number of carbonyl (C=O) groups excluding carboxylic acids is 1. The summed E-state index contributed by atoms with van der Waals surface area (Å²) < 4.78 is 5.50. The number of hydrogen-bond donors (Lipinski definition) is 0. The number of nitrogens with zero attached hydrogens (tertiary/aromatic N) is 1. The van der Waals surface area contributed by atoms with Gasteiger partial charge in [0.1, 0.15) is 0 Å². The van der Waals surface area contributed by atoms with E-state index in [1.807, 2.05) is 36.4 Å². The number of esters is 1. The molecule has 3 nitrogen and oxygen atoms in total. The van der Waals surface area contributed by atoms with Crippen molar-refractivity contribution >= 4 is 24.5 Å².